The number of likely N-dealkylation sites (tertiary alicyclic amines) is 1. The first-order valence-corrected chi connectivity index (χ1v) is 12.6. The second-order valence-corrected chi connectivity index (χ2v) is 10.1. The summed E-state index contributed by atoms with van der Waals surface area (Å²) in [5.74, 6) is -1.36. The minimum absolute atomic E-state index is 0.0214. The van der Waals surface area contributed by atoms with Crippen LogP contribution in [0.2, 0.25) is 0 Å². The minimum Gasteiger partial charge on any atom is -0.336 e. The maximum absolute atomic E-state index is 13.5. The van der Waals surface area contributed by atoms with Gasteiger partial charge in [0.15, 0.2) is 0 Å². The van der Waals surface area contributed by atoms with E-state index in [4.69, 9.17) is 0 Å². The van der Waals surface area contributed by atoms with Crippen LogP contribution in [0.15, 0.2) is 72.8 Å². The number of nitro groups is 1. The summed E-state index contributed by atoms with van der Waals surface area (Å²) in [6.45, 7) is 4.99. The maximum Gasteiger partial charge on any atom is 0.416 e. The van der Waals surface area contributed by atoms with Gasteiger partial charge in [-0.15, -0.1) is 0 Å². The number of nitrogens with zero attached hydrogens (tertiary/aromatic N) is 3. The van der Waals surface area contributed by atoms with E-state index in [9.17, 15) is 32.5 Å². The standard InChI is InChI=1S/C29H29F4N3O3/c1-19(2)35(28(37)20-10-12-25(30)13-11-20)17-23-16-34(15-22-6-3-4-9-27(22)36(38)39)18-26(23)21-7-5-8-24(14-21)29(31,32)33/h3-14,19,23,26H,15-18H2,1-2H3/t23-,26-/m1/s1. The van der Waals surface area contributed by atoms with Crippen molar-refractivity contribution in [1.29, 1.82) is 0 Å². The highest BCUT2D eigenvalue weighted by Crippen LogP contribution is 2.38. The van der Waals surface area contributed by atoms with Crippen molar-refractivity contribution in [1.82, 2.24) is 9.80 Å². The molecular weight excluding hydrogens is 514 g/mol. The Balaban J connectivity index is 1.65. The summed E-state index contributed by atoms with van der Waals surface area (Å²) in [6, 6.07) is 16.6. The number of hydrogen-bond donors (Lipinski definition) is 0. The molecule has 0 unspecified atom stereocenters. The first kappa shape index (κ1) is 28.2. The summed E-state index contributed by atoms with van der Waals surface area (Å²) in [7, 11) is 0. The van der Waals surface area contributed by atoms with Gasteiger partial charge in [-0.05, 0) is 55.7 Å². The summed E-state index contributed by atoms with van der Waals surface area (Å²) in [5, 5.41) is 11.5. The molecule has 10 heteroatoms. The fourth-order valence-electron chi connectivity index (χ4n) is 5.20. The number of carbonyl (C=O) groups is 1. The molecule has 0 saturated carbocycles. The van der Waals surface area contributed by atoms with Crippen molar-refractivity contribution in [2.45, 2.75) is 38.5 Å². The van der Waals surface area contributed by atoms with E-state index >= 15 is 0 Å². The van der Waals surface area contributed by atoms with E-state index < -0.39 is 22.5 Å². The highest BCUT2D eigenvalue weighted by atomic mass is 19.4. The fourth-order valence-corrected chi connectivity index (χ4v) is 5.20. The van der Waals surface area contributed by atoms with Crippen molar-refractivity contribution in [3.8, 4) is 0 Å². The molecule has 206 valence electrons. The number of para-hydroxylation sites is 1. The number of alkyl halides is 3. The van der Waals surface area contributed by atoms with Crippen molar-refractivity contribution < 1.29 is 27.3 Å². The van der Waals surface area contributed by atoms with Crippen molar-refractivity contribution in [2.24, 2.45) is 5.92 Å². The van der Waals surface area contributed by atoms with Gasteiger partial charge in [-0.1, -0.05) is 36.4 Å². The topological polar surface area (TPSA) is 66.7 Å². The largest absolute Gasteiger partial charge is 0.416 e. The second kappa shape index (κ2) is 11.5. The number of amides is 1. The van der Waals surface area contributed by atoms with Crippen LogP contribution in [0.25, 0.3) is 0 Å². The van der Waals surface area contributed by atoms with Gasteiger partial charge in [-0.2, -0.15) is 13.2 Å². The molecule has 1 aliphatic rings. The summed E-state index contributed by atoms with van der Waals surface area (Å²) < 4.78 is 54.0. The summed E-state index contributed by atoms with van der Waals surface area (Å²) in [5.41, 5.74) is 0.549. The molecule has 0 aliphatic carbocycles. The van der Waals surface area contributed by atoms with Gasteiger partial charge in [0.1, 0.15) is 5.82 Å². The molecule has 1 amide bonds. The highest BCUT2D eigenvalue weighted by Gasteiger charge is 2.38. The Bertz CT molecular complexity index is 1330. The molecule has 1 saturated heterocycles. The molecule has 3 aromatic carbocycles. The van der Waals surface area contributed by atoms with Crippen molar-refractivity contribution >= 4 is 11.6 Å². The quantitative estimate of drug-likeness (QED) is 0.184. The van der Waals surface area contributed by atoms with Crippen molar-refractivity contribution in [2.75, 3.05) is 19.6 Å². The number of rotatable bonds is 8. The summed E-state index contributed by atoms with van der Waals surface area (Å²) in [6.07, 6.45) is -4.50. The predicted octanol–water partition coefficient (Wildman–Crippen LogP) is 6.52. The zero-order valence-corrected chi connectivity index (χ0v) is 21.6. The molecule has 1 aliphatic heterocycles. The number of carbonyl (C=O) groups excluding carboxylic acids is 1. The molecule has 6 nitrogen and oxygen atoms in total. The van der Waals surface area contributed by atoms with Gasteiger partial charge >= 0.3 is 6.18 Å². The number of nitro benzene ring substituents is 1. The molecule has 0 N–H and O–H groups in total. The van der Waals surface area contributed by atoms with Crippen LogP contribution >= 0.6 is 0 Å². The van der Waals surface area contributed by atoms with E-state index in [1.807, 2.05) is 18.7 Å². The third kappa shape index (κ3) is 6.62. The summed E-state index contributed by atoms with van der Waals surface area (Å²) in [4.78, 5) is 28.1. The molecule has 1 heterocycles. The number of benzene rings is 3. The van der Waals surface area contributed by atoms with E-state index in [0.29, 0.717) is 29.8 Å². The molecule has 0 radical (unpaired) electrons. The third-order valence-corrected chi connectivity index (χ3v) is 7.15. The van der Waals surface area contributed by atoms with Gasteiger partial charge in [-0.3, -0.25) is 19.8 Å². The van der Waals surface area contributed by atoms with Crippen molar-refractivity contribution in [3.63, 3.8) is 0 Å². The fraction of sp³-hybridized carbons (Fsp3) is 0.345. The average molecular weight is 544 g/mol. The molecular formula is C29H29F4N3O3. The predicted molar refractivity (Wildman–Crippen MR) is 139 cm³/mol. The zero-order valence-electron chi connectivity index (χ0n) is 21.6. The van der Waals surface area contributed by atoms with Gasteiger partial charge in [0.05, 0.1) is 10.5 Å². The first-order valence-electron chi connectivity index (χ1n) is 12.6. The molecule has 39 heavy (non-hydrogen) atoms. The van der Waals surface area contributed by atoms with Crippen LogP contribution in [0.1, 0.15) is 46.8 Å². The van der Waals surface area contributed by atoms with E-state index in [2.05, 4.69) is 0 Å². The first-order chi connectivity index (χ1) is 18.4. The Morgan fingerprint density at radius 1 is 1.05 bits per heavy atom. The van der Waals surface area contributed by atoms with E-state index in [1.54, 1.807) is 29.2 Å². The molecule has 1 fully saturated rings. The van der Waals surface area contributed by atoms with Crippen LogP contribution in [0.4, 0.5) is 23.2 Å². The summed E-state index contributed by atoms with van der Waals surface area (Å²) >= 11 is 0. The Morgan fingerprint density at radius 2 is 1.74 bits per heavy atom. The lowest BCUT2D eigenvalue weighted by Crippen LogP contribution is -2.42. The molecule has 0 aromatic heterocycles. The van der Waals surface area contributed by atoms with Crippen LogP contribution in [-0.4, -0.2) is 46.3 Å². The molecule has 4 rings (SSSR count). The minimum atomic E-state index is -4.50. The molecule has 0 bridgehead atoms. The van der Waals surface area contributed by atoms with Gasteiger partial charge < -0.3 is 4.90 Å². The van der Waals surface area contributed by atoms with Crippen LogP contribution in [0, 0.1) is 21.8 Å². The van der Waals surface area contributed by atoms with Gasteiger partial charge in [0.25, 0.3) is 11.6 Å². The molecule has 3 aromatic rings. The average Bonchev–Trinajstić information content (AvgIpc) is 3.29. The lowest BCUT2D eigenvalue weighted by molar-refractivity contribution is -0.385. The number of halogens is 4. The Labute approximate surface area is 224 Å². The Hall–Kier alpha value is -3.79. The van der Waals surface area contributed by atoms with Crippen LogP contribution in [0.3, 0.4) is 0 Å². The third-order valence-electron chi connectivity index (χ3n) is 7.15. The van der Waals surface area contributed by atoms with E-state index in [-0.39, 0.29) is 42.6 Å². The zero-order chi connectivity index (χ0) is 28.3. The smallest absolute Gasteiger partial charge is 0.336 e. The molecule has 0 spiro atoms. The van der Waals surface area contributed by atoms with E-state index in [1.165, 1.54) is 36.4 Å². The maximum atomic E-state index is 13.5. The van der Waals surface area contributed by atoms with Crippen LogP contribution < -0.4 is 0 Å². The number of hydrogen-bond acceptors (Lipinski definition) is 4. The van der Waals surface area contributed by atoms with Crippen LogP contribution in [-0.2, 0) is 12.7 Å². The van der Waals surface area contributed by atoms with Crippen molar-refractivity contribution in [3.05, 3.63) is 111 Å². The second-order valence-electron chi connectivity index (χ2n) is 10.1. The monoisotopic (exact) mass is 543 g/mol. The lowest BCUT2D eigenvalue weighted by Gasteiger charge is -2.32. The lowest BCUT2D eigenvalue weighted by atomic mass is 9.87. The Kier molecular flexibility index (Phi) is 8.34. The Morgan fingerprint density at radius 3 is 2.38 bits per heavy atom. The van der Waals surface area contributed by atoms with Gasteiger partial charge in [0, 0.05) is 55.3 Å². The highest BCUT2D eigenvalue weighted by molar-refractivity contribution is 5.94. The SMILES string of the molecule is CC(C)N(C[C@H]1CN(Cc2ccccc2[N+](=O)[O-])C[C@@H]1c1cccc(C(F)(F)F)c1)C(=O)c1ccc(F)cc1. The molecule has 2 atom stereocenters. The van der Waals surface area contributed by atoms with Crippen LogP contribution in [0.5, 0.6) is 0 Å². The van der Waals surface area contributed by atoms with Gasteiger partial charge in [0.2, 0.25) is 0 Å². The normalized spacial score (nSPS) is 17.9. The van der Waals surface area contributed by atoms with E-state index in [0.717, 1.165) is 12.1 Å². The van der Waals surface area contributed by atoms with Gasteiger partial charge in [-0.25, -0.2) is 4.39 Å².